The van der Waals surface area contributed by atoms with Gasteiger partial charge in [0.1, 0.15) is 4.33 Å². The van der Waals surface area contributed by atoms with Gasteiger partial charge in [0.05, 0.1) is 17.3 Å². The molecule has 19 heavy (non-hydrogen) atoms. The van der Waals surface area contributed by atoms with Gasteiger partial charge in [-0.15, -0.1) is 23.2 Å². The summed E-state index contributed by atoms with van der Waals surface area (Å²) in [6.07, 6.45) is 3.89. The Bertz CT molecular complexity index is 538. The molecule has 0 bridgehead atoms. The van der Waals surface area contributed by atoms with Crippen LogP contribution in [0.2, 0.25) is 0 Å². The van der Waals surface area contributed by atoms with Crippen LogP contribution in [-0.2, 0) is 11.3 Å². The summed E-state index contributed by atoms with van der Waals surface area (Å²) < 4.78 is 0.832. The first-order valence-electron chi connectivity index (χ1n) is 6.05. The third-order valence-corrected chi connectivity index (χ3v) is 4.54. The molecule has 1 aliphatic rings. The largest absolute Gasteiger partial charge is 0.272 e. The first kappa shape index (κ1) is 14.3. The molecule has 1 amide bonds. The fourth-order valence-electron chi connectivity index (χ4n) is 1.75. The van der Waals surface area contributed by atoms with E-state index in [9.17, 15) is 4.79 Å². The molecule has 1 heterocycles. The molecule has 0 unspecified atom stereocenters. The maximum atomic E-state index is 11.9. The van der Waals surface area contributed by atoms with Gasteiger partial charge in [-0.1, -0.05) is 0 Å². The van der Waals surface area contributed by atoms with Crippen molar-refractivity contribution < 1.29 is 4.79 Å². The molecular formula is C12H16Cl2N4O. The molecule has 1 aliphatic carbocycles. The summed E-state index contributed by atoms with van der Waals surface area (Å²) in [5.74, 6) is -0.269. The predicted molar refractivity (Wildman–Crippen MR) is 75.5 cm³/mol. The van der Waals surface area contributed by atoms with Crippen LogP contribution < -0.4 is 5.43 Å². The quantitative estimate of drug-likeness (QED) is 0.527. The average molecular weight is 303 g/mol. The molecular weight excluding hydrogens is 287 g/mol. The molecule has 0 spiro atoms. The number of hydrogen-bond donors (Lipinski definition) is 1. The minimum atomic E-state index is -0.977. The monoisotopic (exact) mass is 302 g/mol. The number of hydrogen-bond acceptors (Lipinski definition) is 3. The Labute approximate surface area is 122 Å². The maximum Gasteiger partial charge on any atom is 0.249 e. The second kappa shape index (κ2) is 4.80. The van der Waals surface area contributed by atoms with Crippen molar-refractivity contribution in [2.45, 2.75) is 38.1 Å². The first-order chi connectivity index (χ1) is 8.80. The number of amides is 1. The van der Waals surface area contributed by atoms with Crippen molar-refractivity contribution in [3.05, 3.63) is 17.5 Å². The first-order valence-corrected chi connectivity index (χ1v) is 6.81. The van der Waals surface area contributed by atoms with Crippen molar-refractivity contribution >= 4 is 35.3 Å². The summed E-state index contributed by atoms with van der Waals surface area (Å²) in [6, 6.07) is 0. The number of alkyl halides is 2. The summed E-state index contributed by atoms with van der Waals surface area (Å²) in [5, 5.41) is 8.21. The van der Waals surface area contributed by atoms with Gasteiger partial charge in [-0.2, -0.15) is 10.2 Å². The molecule has 1 saturated carbocycles. The number of carbonyl (C=O) groups excluding carboxylic acids is 1. The Morgan fingerprint density at radius 3 is 2.79 bits per heavy atom. The standard InChI is InChI=1S/C12H16Cl2N4O/c1-4-18-6-9(8(2)17-18)5-15-16-10(19)11(3)7-12(11,13)14/h5-6H,4,7H2,1-3H3,(H,16,19)/t11-/m1/s1. The highest BCUT2D eigenvalue weighted by Gasteiger charge is 2.68. The van der Waals surface area contributed by atoms with Gasteiger partial charge < -0.3 is 0 Å². The molecule has 1 fully saturated rings. The molecule has 0 radical (unpaired) electrons. The van der Waals surface area contributed by atoms with E-state index in [1.165, 1.54) is 0 Å². The van der Waals surface area contributed by atoms with Crippen LogP contribution in [0, 0.1) is 12.3 Å². The molecule has 0 saturated heterocycles. The fraction of sp³-hybridized carbons (Fsp3) is 0.583. The zero-order valence-corrected chi connectivity index (χ0v) is 12.6. The van der Waals surface area contributed by atoms with E-state index in [-0.39, 0.29) is 5.91 Å². The van der Waals surface area contributed by atoms with Crippen LogP contribution in [0.3, 0.4) is 0 Å². The lowest BCUT2D eigenvalue weighted by atomic mass is 10.1. The summed E-state index contributed by atoms with van der Waals surface area (Å²) in [6.45, 7) is 6.40. The number of nitrogens with zero attached hydrogens (tertiary/aromatic N) is 3. The Morgan fingerprint density at radius 2 is 2.32 bits per heavy atom. The lowest BCUT2D eigenvalue weighted by Gasteiger charge is -2.08. The average Bonchev–Trinajstić information content (AvgIpc) is 2.68. The van der Waals surface area contributed by atoms with Crippen LogP contribution >= 0.6 is 23.2 Å². The van der Waals surface area contributed by atoms with Crippen LogP contribution in [0.4, 0.5) is 0 Å². The second-order valence-corrected chi connectivity index (χ2v) is 6.42. The molecule has 104 valence electrons. The van der Waals surface area contributed by atoms with E-state index in [0.29, 0.717) is 6.42 Å². The van der Waals surface area contributed by atoms with Gasteiger partial charge in [0.25, 0.3) is 0 Å². The fourth-order valence-corrected chi connectivity index (χ4v) is 2.46. The minimum Gasteiger partial charge on any atom is -0.272 e. The SMILES string of the molecule is CCn1cc(C=NNC(=O)[C@@]2(C)CC2(Cl)Cl)c(C)n1. The van der Waals surface area contributed by atoms with Crippen LogP contribution in [-0.4, -0.2) is 26.2 Å². The van der Waals surface area contributed by atoms with Gasteiger partial charge in [-0.25, -0.2) is 5.43 Å². The molecule has 0 aliphatic heterocycles. The van der Waals surface area contributed by atoms with E-state index in [4.69, 9.17) is 23.2 Å². The van der Waals surface area contributed by atoms with Crippen LogP contribution in [0.5, 0.6) is 0 Å². The number of hydrazone groups is 1. The summed E-state index contributed by atoms with van der Waals surface area (Å²) >= 11 is 11.9. The molecule has 2 rings (SSSR count). The van der Waals surface area contributed by atoms with Crippen molar-refractivity contribution in [3.63, 3.8) is 0 Å². The molecule has 1 N–H and O–H groups in total. The summed E-state index contributed by atoms with van der Waals surface area (Å²) in [7, 11) is 0. The second-order valence-electron chi connectivity index (χ2n) is 4.94. The normalized spacial score (nSPS) is 24.7. The Hall–Kier alpha value is -1.07. The Kier molecular flexibility index (Phi) is 3.62. The topological polar surface area (TPSA) is 59.3 Å². The number of nitrogens with one attached hydrogen (secondary N) is 1. The van der Waals surface area contributed by atoms with E-state index >= 15 is 0 Å². The van der Waals surface area contributed by atoms with Gasteiger partial charge >= 0.3 is 0 Å². The van der Waals surface area contributed by atoms with Crippen molar-refractivity contribution in [3.8, 4) is 0 Å². The third kappa shape index (κ3) is 2.62. The van der Waals surface area contributed by atoms with Crippen LogP contribution in [0.1, 0.15) is 31.5 Å². The molecule has 5 nitrogen and oxygen atoms in total. The van der Waals surface area contributed by atoms with Crippen molar-refractivity contribution in [1.82, 2.24) is 15.2 Å². The van der Waals surface area contributed by atoms with Crippen LogP contribution in [0.25, 0.3) is 0 Å². The van der Waals surface area contributed by atoms with Gasteiger partial charge in [0.15, 0.2) is 0 Å². The molecule has 1 aromatic heterocycles. The molecule has 1 aromatic rings. The smallest absolute Gasteiger partial charge is 0.249 e. The van der Waals surface area contributed by atoms with Crippen LogP contribution in [0.15, 0.2) is 11.3 Å². The summed E-state index contributed by atoms with van der Waals surface area (Å²) in [5.41, 5.74) is 3.44. The van der Waals surface area contributed by atoms with E-state index < -0.39 is 9.75 Å². The van der Waals surface area contributed by atoms with E-state index in [1.807, 2.05) is 24.7 Å². The van der Waals surface area contributed by atoms with Gasteiger partial charge in [0, 0.05) is 18.3 Å². The van der Waals surface area contributed by atoms with Gasteiger partial charge in [0.2, 0.25) is 5.91 Å². The number of rotatable bonds is 4. The van der Waals surface area contributed by atoms with Crippen molar-refractivity contribution in [2.24, 2.45) is 10.5 Å². The predicted octanol–water partition coefficient (Wildman–Crippen LogP) is 2.25. The van der Waals surface area contributed by atoms with Crippen molar-refractivity contribution in [2.75, 3.05) is 0 Å². The highest BCUT2D eigenvalue weighted by Crippen LogP contribution is 2.63. The van der Waals surface area contributed by atoms with Crippen molar-refractivity contribution in [1.29, 1.82) is 0 Å². The van der Waals surface area contributed by atoms with E-state index in [0.717, 1.165) is 17.8 Å². The van der Waals surface area contributed by atoms with Gasteiger partial charge in [-0.05, 0) is 27.2 Å². The highest BCUT2D eigenvalue weighted by atomic mass is 35.5. The maximum absolute atomic E-state index is 11.9. The number of carbonyl (C=O) groups is 1. The number of aromatic nitrogens is 2. The summed E-state index contributed by atoms with van der Waals surface area (Å²) in [4.78, 5) is 11.9. The van der Waals surface area contributed by atoms with E-state index in [2.05, 4.69) is 15.6 Å². The molecule has 7 heteroatoms. The Balaban J connectivity index is 1.97. The van der Waals surface area contributed by atoms with E-state index in [1.54, 1.807) is 13.1 Å². The molecule has 1 atom stereocenters. The zero-order chi connectivity index (χ0) is 14.3. The molecule has 0 aromatic carbocycles. The third-order valence-electron chi connectivity index (χ3n) is 3.44. The zero-order valence-electron chi connectivity index (χ0n) is 11.1. The lowest BCUT2D eigenvalue weighted by molar-refractivity contribution is -0.125. The lowest BCUT2D eigenvalue weighted by Crippen LogP contribution is -2.29. The number of aryl methyl sites for hydroxylation is 2. The number of halogens is 2. The Morgan fingerprint density at radius 1 is 1.68 bits per heavy atom. The minimum absolute atomic E-state index is 0.269. The highest BCUT2D eigenvalue weighted by molar-refractivity contribution is 6.53. The van der Waals surface area contributed by atoms with Gasteiger partial charge in [-0.3, -0.25) is 9.48 Å².